The van der Waals surface area contributed by atoms with Crippen molar-refractivity contribution in [3.05, 3.63) is 0 Å². The fraction of sp³-hybridized carbons (Fsp3) is 0. The molecule has 0 saturated carbocycles. The molecule has 0 aliphatic rings. The molecule has 0 fully saturated rings. The molecule has 0 aromatic heterocycles. The Balaban J connectivity index is 0. The quantitative estimate of drug-likeness (QED) is 0.321. The summed E-state index contributed by atoms with van der Waals surface area (Å²) in [7, 11) is 0. The molecule has 93 heavy (non-hydrogen) atoms. The molecule has 0 N–H and O–H groups in total. The Morgan fingerprint density at radius 2 is 0.0108 bits per heavy atom. The van der Waals surface area contributed by atoms with E-state index < -0.39 is 0 Å². The van der Waals surface area contributed by atoms with Gasteiger partial charge in [-0.3, -0.25) is 0 Å². The number of rotatable bonds is 0. The van der Waals surface area contributed by atoms with Gasteiger partial charge in [0.2, 0.25) is 0 Å². The molecule has 837 valence electrons. The average molecular weight is 14800 g/mol. The Hall–Kier alpha value is 120. The number of hydrogen-bond donors (Lipinski definition) is 0. The van der Waals surface area contributed by atoms with Crippen molar-refractivity contribution in [3.63, 3.8) is 0 Å². The second-order valence-corrected chi connectivity index (χ2v) is 0. The van der Waals surface area contributed by atoms with Gasteiger partial charge >= 0.3 is 0 Å². The van der Waals surface area contributed by atoms with E-state index in [9.17, 15) is 0 Å². The molecule has 0 amide bonds. The van der Waals surface area contributed by atoms with Gasteiger partial charge < -0.3 is 0 Å². The summed E-state index contributed by atoms with van der Waals surface area (Å²) in [5.74, 6) is 0. The molecule has 0 spiro atoms. The molecule has 0 aliphatic heterocycles. The molecule has 0 aromatic carbocycles. The summed E-state index contributed by atoms with van der Waals surface area (Å²) >= 11 is 0. The van der Waals surface area contributed by atoms with E-state index in [0.29, 0.717) is 0 Å². The van der Waals surface area contributed by atoms with Gasteiger partial charge in [0.15, 0.2) is 0 Å². The Morgan fingerprint density at radius 1 is 0.0108 bits per heavy atom. The SMILES string of the molecule is [Tb].[Tb].[Tb].[Tb].[Tb].[Tb].[Tb].[Tb].[Tb].[Tb].[Tb].[Tb].[Tb].[Tb].[Tb].[Tb].[Tb].[Tb].[Tb].[Tb].[Tb].[Tb].[Tb].[Tb].[Tb].[Tb].[Tb].[Tb].[Tb].[Tb].[Tb].[Tb].[Tb].[Tb].[Tb].[Tb].[Tb].[Tb].[Tb].[Tb].[Tb].[Tb].[Tb].[Tb].[Tb].[Tb].[Tb].[Tb].[Tb].[Tb].[Tb].[Tb].[Tb].[Tb].[Tb].[Tb].[Tb].[Tb].[Tb].[Tb].[Tb].[Tb].[Tb].[Tb].[Tb].[Tb].[Tb].[Tb].[Tb].[Tb].[Tb].[Tb].[Tb].[Tb].[Tb].[Tb].[Tb].[Tb].[Tb].[Tb].[Tb].[Tb].[Tb].[Tb].[Tb].[Tb].[Tb].[Tb].[Tb].[Tb].[Tb].[Tb].[Tb]. The molecule has 0 bridgehead atoms. The van der Waals surface area contributed by atoms with Gasteiger partial charge in [-0.05, 0) is 0 Å². The van der Waals surface area contributed by atoms with Crippen LogP contribution < -0.4 is 0 Å². The molecule has 0 rings (SSSR count). The number of hydrogen-bond acceptors (Lipinski definition) is 0. The standard InChI is InChI=1S/93Tb. The van der Waals surface area contributed by atoms with Gasteiger partial charge in [-0.2, -0.15) is 0 Å². The molecule has 0 aromatic rings. The van der Waals surface area contributed by atoms with Gasteiger partial charge in [0.05, 0.1) is 0 Å². The van der Waals surface area contributed by atoms with Crippen molar-refractivity contribution >= 4 is 0 Å². The van der Waals surface area contributed by atoms with E-state index in [-0.39, 0.29) is 3590 Å². The van der Waals surface area contributed by atoms with E-state index in [1.165, 1.54) is 0 Å². The van der Waals surface area contributed by atoms with Gasteiger partial charge in [-0.1, -0.05) is 0 Å². The maximum Gasteiger partial charge on any atom is 0 e. The van der Waals surface area contributed by atoms with Gasteiger partial charge in [0, 0.05) is 3590 Å². The summed E-state index contributed by atoms with van der Waals surface area (Å²) in [6.07, 6.45) is 0. The van der Waals surface area contributed by atoms with Crippen LogP contribution in [0.1, 0.15) is 0 Å². The van der Waals surface area contributed by atoms with Crippen LogP contribution in [0.5, 0.6) is 0 Å². The van der Waals surface area contributed by atoms with Crippen LogP contribution in [0.15, 0.2) is 0 Å². The molecule has 93 heteroatoms. The van der Waals surface area contributed by atoms with E-state index >= 15 is 0 Å². The largest absolute Gasteiger partial charge is 0 e. The van der Waals surface area contributed by atoms with Crippen molar-refractivity contribution in [3.8, 4) is 0 Å². The van der Waals surface area contributed by atoms with Gasteiger partial charge in [-0.25, -0.2) is 0 Å². The molecule has 0 aliphatic carbocycles. The zero-order valence-corrected chi connectivity index (χ0v) is 230. The summed E-state index contributed by atoms with van der Waals surface area (Å²) < 4.78 is 0. The van der Waals surface area contributed by atoms with Crippen LogP contribution in [0, 0.1) is 3590 Å². The maximum atomic E-state index is 0. The second-order valence-electron chi connectivity index (χ2n) is 0. The van der Waals surface area contributed by atoms with Crippen molar-refractivity contribution < 1.29 is 3590 Å². The van der Waals surface area contributed by atoms with Gasteiger partial charge in [0.25, 0.3) is 0 Å². The fourth-order valence-electron chi connectivity index (χ4n) is 0. The van der Waals surface area contributed by atoms with Gasteiger partial charge in [0.1, 0.15) is 0 Å². The topological polar surface area (TPSA) is 0 Å². The summed E-state index contributed by atoms with van der Waals surface area (Å²) in [5.41, 5.74) is 0. The Labute approximate surface area is 3440 Å². The first-order valence-corrected chi connectivity index (χ1v) is 0. The summed E-state index contributed by atoms with van der Waals surface area (Å²) in [4.78, 5) is 0. The fourth-order valence-corrected chi connectivity index (χ4v) is 0. The first-order chi connectivity index (χ1) is 0. The van der Waals surface area contributed by atoms with Gasteiger partial charge in [-0.15, -0.1) is 0 Å². The van der Waals surface area contributed by atoms with Crippen molar-refractivity contribution in [2.24, 2.45) is 0 Å². The average Bonchev–Trinajstić information content (AvgIpc) is 0. The van der Waals surface area contributed by atoms with E-state index in [4.69, 9.17) is 0 Å². The molecule has 0 atom stereocenters. The third-order valence-electron chi connectivity index (χ3n) is 0. The molecule has 0 heterocycles. The van der Waals surface area contributed by atoms with E-state index in [1.54, 1.807) is 0 Å². The minimum absolute atomic E-state index is 0. The van der Waals surface area contributed by atoms with Crippen molar-refractivity contribution in [1.29, 1.82) is 0 Å². The smallest absolute Gasteiger partial charge is 0 e. The normalized spacial score (nSPS) is 0. The predicted molar refractivity (Wildman–Crippen MR) is 0 cm³/mol. The van der Waals surface area contributed by atoms with Crippen LogP contribution in [0.25, 0.3) is 0 Å². The van der Waals surface area contributed by atoms with Crippen molar-refractivity contribution in [2.75, 3.05) is 0 Å². The molecule has 0 saturated heterocycles. The van der Waals surface area contributed by atoms with Crippen LogP contribution >= 0.6 is 0 Å². The Morgan fingerprint density at radius 3 is 0.0108 bits per heavy atom. The molecule has 0 unspecified atom stereocenters. The minimum Gasteiger partial charge on any atom is 0 e. The van der Waals surface area contributed by atoms with E-state index in [0.717, 1.165) is 0 Å². The first-order valence-electron chi connectivity index (χ1n) is 0. The Bertz CT molecular complexity index is 0. The monoisotopic (exact) mass is 14800 g/mol. The third kappa shape index (κ3) is 650. The molecular formula is Tb93. The molecular weight excluding hydrogens is 14800 g/mol. The Kier molecular flexibility index (Phi) is 4700. The van der Waals surface area contributed by atoms with Crippen molar-refractivity contribution in [2.45, 2.75) is 0 Å². The predicted octanol–water partition coefficient (Wildman–Crippen LogP) is 0. The second kappa shape index (κ2) is 656. The van der Waals surface area contributed by atoms with Crippen LogP contribution in [0.2, 0.25) is 0 Å². The van der Waals surface area contributed by atoms with Crippen LogP contribution in [0.4, 0.5) is 0 Å². The summed E-state index contributed by atoms with van der Waals surface area (Å²) in [5, 5.41) is 0. The zero-order chi connectivity index (χ0) is 0. The van der Waals surface area contributed by atoms with Crippen LogP contribution in [-0.2, 0) is 0 Å². The zero-order valence-electron chi connectivity index (χ0n) is 31.0. The molecule has 93 radical (unpaired) electrons. The third-order valence-corrected chi connectivity index (χ3v) is 0. The van der Waals surface area contributed by atoms with Crippen LogP contribution in [-0.4, -0.2) is 0 Å². The molecule has 0 nitrogen and oxygen atoms in total. The van der Waals surface area contributed by atoms with Crippen molar-refractivity contribution in [1.82, 2.24) is 0 Å². The van der Waals surface area contributed by atoms with E-state index in [2.05, 4.69) is 0 Å². The maximum absolute atomic E-state index is 0. The van der Waals surface area contributed by atoms with E-state index in [1.807, 2.05) is 0 Å². The summed E-state index contributed by atoms with van der Waals surface area (Å²) in [6.45, 7) is 0. The summed E-state index contributed by atoms with van der Waals surface area (Å²) in [6, 6.07) is 0. The van der Waals surface area contributed by atoms with Crippen LogP contribution in [0.3, 0.4) is 0 Å². The first kappa shape index (κ1) is 666. The minimum atomic E-state index is 0.